The number of benzene rings is 4. The van der Waals surface area contributed by atoms with Gasteiger partial charge in [-0.3, -0.25) is 52.1 Å². The molecule has 100 heavy (non-hydrogen) atoms. The van der Waals surface area contributed by atoms with Crippen molar-refractivity contribution >= 4 is 58.2 Å². The Morgan fingerprint density at radius 3 is 1.93 bits per heavy atom. The minimum Gasteiger partial charge on any atom is -0.504 e. The van der Waals surface area contributed by atoms with Crippen LogP contribution in [-0.4, -0.2) is 273 Å². The number of carbonyl (C=O) groups is 7. The van der Waals surface area contributed by atoms with Gasteiger partial charge in [0.1, 0.15) is 42.0 Å². The second-order valence-electron chi connectivity index (χ2n) is 26.6. The van der Waals surface area contributed by atoms with E-state index in [9.17, 15) is 93.2 Å². The number of ether oxygens (including phenoxy) is 1. The van der Waals surface area contributed by atoms with Crippen molar-refractivity contribution < 1.29 is 102 Å². The topological polar surface area (TPSA) is 466 Å². The van der Waals surface area contributed by atoms with Gasteiger partial charge in [-0.1, -0.05) is 49.4 Å². The maximum absolute atomic E-state index is 15.0. The van der Waals surface area contributed by atoms with Crippen LogP contribution < -0.4 is 45.7 Å². The van der Waals surface area contributed by atoms with Gasteiger partial charge in [-0.2, -0.15) is 0 Å². The van der Waals surface area contributed by atoms with E-state index in [1.54, 1.807) is 19.2 Å². The van der Waals surface area contributed by atoms with E-state index in [4.69, 9.17) is 4.74 Å². The SMILES string of the molecule is COc1ccc(C2CCC(N3CCN(c4ccc(-c5ccc(C(=O)N[C@H]6C[C@@H](O)CNC(=O)[C@@H]7[C@@H](O)[C@@H](C)CN7C(=O)[C@H]([C@H](O)CCNC(CO)CO)NC(=O)[C@H]([C@H](O)Cc7ccc(O)c(OS(O)(O)O)c7)NC(=O)[C@@H]7C[C@@H](O)CN7C(=O)[C@H]([C@@H](C)O)NC6=O)cc5)cc4)CC3)CC2)cc1. The molecule has 4 aliphatic heterocycles. The Hall–Kier alpha value is -7.80. The highest BCUT2D eigenvalue weighted by molar-refractivity contribution is 8.15. The third-order valence-corrected chi connectivity index (χ3v) is 20.0. The highest BCUT2D eigenvalue weighted by Gasteiger charge is 2.50. The first-order valence-corrected chi connectivity index (χ1v) is 35.1. The Bertz CT molecular complexity index is 3450. The lowest BCUT2D eigenvalue weighted by molar-refractivity contribution is -0.147. The first kappa shape index (κ1) is 76.4. The number of phenolic OH excluding ortho intramolecular Hbond substituents is 1. The van der Waals surface area contributed by atoms with Crippen LogP contribution in [0.4, 0.5) is 5.69 Å². The molecule has 0 radical (unpaired) electrons. The fraction of sp³-hybridized carbons (Fsp3) is 0.544. The molecule has 4 aromatic rings. The van der Waals surface area contributed by atoms with Crippen LogP contribution >= 0.6 is 11.2 Å². The highest BCUT2D eigenvalue weighted by atomic mass is 32.3. The Morgan fingerprint density at radius 2 is 1.31 bits per heavy atom. The quantitative estimate of drug-likeness (QED) is 0.0490. The van der Waals surface area contributed by atoms with Crippen molar-refractivity contribution in [3.05, 3.63) is 108 Å². The van der Waals surface area contributed by atoms with Gasteiger partial charge in [0.15, 0.2) is 11.5 Å². The van der Waals surface area contributed by atoms with E-state index in [2.05, 4.69) is 70.1 Å². The standard InChI is InChI=1S/C68H94N10O21S/c1-37-33-78-60(61(37)87)66(92)70-32-48(82)30-51(71-62(88)44-7-5-40(6-8-44)41-9-15-46(16-10-41)75-24-26-76(27-25-75)47-17-11-42(12-18-47)43-13-19-50(98-3)20-14-43)63(89)72-57(38(2)81)67(93)77-34-49(83)31-52(77)64(90)73-58(55(86)28-39-4-21-53(84)56(29-39)99-100(95,96)97)65(91)74-59(68(78)94)54(85)22-23-69-45(35-79)36-80/h4-10,13-16,19-21,29,37-38,42,45,47-49,51-52,54-55,57-61,69,79-87,95-97H,11-12,17-18,22-28,30-36H2,1-3H3,(H,70,92)(H,71,88)(H,72,89)(H,73,90)(H,74,91)/t37-,38+,42?,47?,48+,49+,51-,52-,54+,55+,57-,58-,59-,60-,61-/m0/s1. The summed E-state index contributed by atoms with van der Waals surface area (Å²) in [4.78, 5) is 109. The van der Waals surface area contributed by atoms with Gasteiger partial charge in [0.2, 0.25) is 35.4 Å². The van der Waals surface area contributed by atoms with Gasteiger partial charge in [-0.25, -0.2) is 0 Å². The van der Waals surface area contributed by atoms with Crippen molar-refractivity contribution in [3.63, 3.8) is 0 Å². The molecular formula is C68H94N10O21S. The molecule has 5 fully saturated rings. The third-order valence-electron chi connectivity index (χ3n) is 19.6. The lowest BCUT2D eigenvalue weighted by atomic mass is 9.81. The van der Waals surface area contributed by atoms with Gasteiger partial charge in [-0.15, -0.1) is 0 Å². The molecule has 1 saturated carbocycles. The minimum absolute atomic E-state index is 0.0574. The molecule has 32 heteroatoms. The van der Waals surface area contributed by atoms with E-state index in [0.29, 0.717) is 12.0 Å². The first-order chi connectivity index (χ1) is 47.6. The maximum Gasteiger partial charge on any atom is 0.266 e. The Labute approximate surface area is 580 Å². The summed E-state index contributed by atoms with van der Waals surface area (Å²) < 4.78 is 38.8. The minimum atomic E-state index is -4.74. The molecule has 0 spiro atoms. The monoisotopic (exact) mass is 1420 g/mol. The molecule has 548 valence electrons. The van der Waals surface area contributed by atoms with Crippen LogP contribution in [0.1, 0.15) is 86.2 Å². The van der Waals surface area contributed by atoms with Gasteiger partial charge in [0.05, 0.1) is 63.0 Å². The normalized spacial score (nSPS) is 27.6. The summed E-state index contributed by atoms with van der Waals surface area (Å²) in [5.41, 5.74) is 4.04. The van der Waals surface area contributed by atoms with E-state index in [1.165, 1.54) is 30.7 Å². The largest absolute Gasteiger partial charge is 0.504 e. The van der Waals surface area contributed by atoms with E-state index < -0.39 is 201 Å². The number of nitrogens with one attached hydrogen (secondary N) is 6. The summed E-state index contributed by atoms with van der Waals surface area (Å²) in [5, 5.41) is 114. The number of fused-ring (bicyclic) bond motifs is 2. The fourth-order valence-electron chi connectivity index (χ4n) is 13.9. The van der Waals surface area contributed by atoms with Crippen LogP contribution in [-0.2, 0) is 35.2 Å². The smallest absolute Gasteiger partial charge is 0.266 e. The van der Waals surface area contributed by atoms with E-state index >= 15 is 0 Å². The molecule has 5 aliphatic rings. The van der Waals surface area contributed by atoms with Gasteiger partial charge in [0, 0.05) is 88.3 Å². The number of nitrogens with zero attached hydrogens (tertiary/aromatic N) is 4. The van der Waals surface area contributed by atoms with Crippen LogP contribution in [0, 0.1) is 5.92 Å². The molecular weight excluding hydrogens is 1320 g/mol. The summed E-state index contributed by atoms with van der Waals surface area (Å²) in [5.74, 6) is -8.96. The summed E-state index contributed by atoms with van der Waals surface area (Å²) in [7, 11) is 1.67. The predicted molar refractivity (Wildman–Crippen MR) is 363 cm³/mol. The van der Waals surface area contributed by atoms with Crippen LogP contribution in [0.5, 0.6) is 17.2 Å². The number of methoxy groups -OCH3 is 1. The number of β-amino-alcohol motifs (C(OH)–C–C–N with tert-alkyl or cyclic N) is 1. The van der Waals surface area contributed by atoms with E-state index in [0.717, 1.165) is 103 Å². The van der Waals surface area contributed by atoms with Crippen LogP contribution in [0.2, 0.25) is 0 Å². The Morgan fingerprint density at radius 1 is 0.690 bits per heavy atom. The molecule has 0 unspecified atom stereocenters. The molecule has 0 bridgehead atoms. The molecule has 4 saturated heterocycles. The zero-order valence-electron chi connectivity index (χ0n) is 55.9. The number of hydrogen-bond acceptors (Lipinski definition) is 24. The van der Waals surface area contributed by atoms with Gasteiger partial charge in [-0.05, 0) is 122 Å². The molecule has 9 rings (SSSR count). The van der Waals surface area contributed by atoms with Gasteiger partial charge in [0.25, 0.3) is 17.1 Å². The van der Waals surface area contributed by atoms with E-state index in [1.807, 2.05) is 24.3 Å². The number of amides is 7. The lowest BCUT2D eigenvalue weighted by Gasteiger charge is -2.42. The van der Waals surface area contributed by atoms with Crippen molar-refractivity contribution in [1.29, 1.82) is 0 Å². The van der Waals surface area contributed by atoms with Crippen molar-refractivity contribution in [3.8, 4) is 28.4 Å². The van der Waals surface area contributed by atoms with Crippen molar-refractivity contribution in [2.75, 3.05) is 77.6 Å². The molecule has 4 aromatic carbocycles. The first-order valence-electron chi connectivity index (χ1n) is 33.6. The predicted octanol–water partition coefficient (Wildman–Crippen LogP) is -1.29. The second kappa shape index (κ2) is 34.2. The number of anilines is 1. The summed E-state index contributed by atoms with van der Waals surface area (Å²) in [6.07, 6.45) is -8.37. The number of rotatable bonds is 20. The molecule has 18 N–H and O–H groups in total. The number of carbonyl (C=O) groups excluding carboxylic acids is 7. The van der Waals surface area contributed by atoms with E-state index in [-0.39, 0.29) is 24.2 Å². The number of aromatic hydroxyl groups is 1. The number of aliphatic hydroxyl groups excluding tert-OH is 8. The molecule has 31 nitrogen and oxygen atoms in total. The number of piperazine rings is 1. The zero-order valence-corrected chi connectivity index (χ0v) is 56.7. The van der Waals surface area contributed by atoms with Gasteiger partial charge < -0.3 is 101 Å². The van der Waals surface area contributed by atoms with Gasteiger partial charge >= 0.3 is 0 Å². The molecule has 13 atom stereocenters. The Kier molecular flexibility index (Phi) is 26.2. The second-order valence-corrected chi connectivity index (χ2v) is 27.7. The van der Waals surface area contributed by atoms with Crippen molar-refractivity contribution in [1.82, 2.24) is 46.6 Å². The number of aliphatic hydroxyl groups is 8. The summed E-state index contributed by atoms with van der Waals surface area (Å²) in [6.45, 7) is 3.25. The number of phenols is 1. The van der Waals surface area contributed by atoms with Crippen molar-refractivity contribution in [2.24, 2.45) is 5.92 Å². The lowest BCUT2D eigenvalue weighted by Crippen LogP contribution is -2.64. The molecule has 7 amide bonds. The summed E-state index contributed by atoms with van der Waals surface area (Å²) in [6, 6.07) is 14.1. The zero-order chi connectivity index (χ0) is 72.3. The molecule has 1 aliphatic carbocycles. The highest BCUT2D eigenvalue weighted by Crippen LogP contribution is 2.41. The average Bonchev–Trinajstić information content (AvgIpc) is 1.61. The third kappa shape index (κ3) is 19.2. The Balaban J connectivity index is 0.942. The number of hydrogen-bond donors (Lipinski definition) is 18. The fourth-order valence-corrected chi connectivity index (χ4v) is 14.2. The van der Waals surface area contributed by atoms with Crippen molar-refractivity contribution in [2.45, 2.75) is 156 Å². The van der Waals surface area contributed by atoms with Crippen LogP contribution in [0.15, 0.2) is 91.0 Å². The molecule has 4 heterocycles. The molecule has 0 aromatic heterocycles. The van der Waals surface area contributed by atoms with Crippen LogP contribution in [0.25, 0.3) is 11.1 Å². The van der Waals surface area contributed by atoms with Crippen LogP contribution in [0.3, 0.4) is 0 Å². The summed E-state index contributed by atoms with van der Waals surface area (Å²) >= 11 is -4.74. The maximum atomic E-state index is 15.0. The average molecular weight is 1420 g/mol.